The van der Waals surface area contributed by atoms with Crippen LogP contribution in [0.1, 0.15) is 48.2 Å². The molecule has 0 amide bonds. The van der Waals surface area contributed by atoms with E-state index in [1.54, 1.807) is 0 Å². The lowest BCUT2D eigenvalue weighted by atomic mass is 9.96. The van der Waals surface area contributed by atoms with E-state index in [0.717, 1.165) is 35.1 Å². The minimum Gasteiger partial charge on any atom is -0.369 e. The summed E-state index contributed by atoms with van der Waals surface area (Å²) in [6.07, 6.45) is 1.20. The van der Waals surface area contributed by atoms with Crippen molar-refractivity contribution in [2.24, 2.45) is 0 Å². The van der Waals surface area contributed by atoms with Gasteiger partial charge in [-0.15, -0.1) is 0 Å². The number of ether oxygens (including phenoxy) is 1. The number of aromatic nitrogens is 4. The van der Waals surface area contributed by atoms with Crippen molar-refractivity contribution >= 4 is 35.0 Å². The number of nitrogens with zero attached hydrogens (tertiary/aromatic N) is 4. The minimum atomic E-state index is -0.176. The van der Waals surface area contributed by atoms with Crippen LogP contribution in [-0.4, -0.2) is 50.7 Å². The van der Waals surface area contributed by atoms with Gasteiger partial charge in [-0.2, -0.15) is 5.10 Å². The summed E-state index contributed by atoms with van der Waals surface area (Å²) in [6.45, 7) is 11.6. The van der Waals surface area contributed by atoms with E-state index in [4.69, 9.17) is 14.7 Å². The molecule has 3 aromatic rings. The third-order valence-electron chi connectivity index (χ3n) is 5.48. The van der Waals surface area contributed by atoms with Crippen LogP contribution >= 0.6 is 11.8 Å². The number of ketones is 1. The monoisotopic (exact) mass is 484 g/mol. The molecule has 1 aliphatic heterocycles. The molecule has 1 fully saturated rings. The van der Waals surface area contributed by atoms with Crippen LogP contribution in [0.2, 0.25) is 0 Å². The molecule has 8 nitrogen and oxygen atoms in total. The number of hydrogen-bond donors (Lipinski definition) is 2. The van der Waals surface area contributed by atoms with Gasteiger partial charge in [0, 0.05) is 51.5 Å². The Kier molecular flexibility index (Phi) is 7.23. The van der Waals surface area contributed by atoms with E-state index in [9.17, 15) is 4.79 Å². The predicted octanol–water partition coefficient (Wildman–Crippen LogP) is 5.42. The second-order valence-electron chi connectivity index (χ2n) is 9.24. The SMILES string of the molecule is CCC(=O)Cc1ccc(Sc2nc(Nc3cc(C)[nH]n3)cc(N3CC(C)(OC(C)C)C3)n2)cc1.[HH].[HH]. The first-order valence-corrected chi connectivity index (χ1v) is 12.4. The molecule has 0 atom stereocenters. The van der Waals surface area contributed by atoms with Crippen LogP contribution in [0.5, 0.6) is 0 Å². The Morgan fingerprint density at radius 3 is 2.59 bits per heavy atom. The number of carbonyl (C=O) groups is 1. The van der Waals surface area contributed by atoms with Crippen LogP contribution in [0, 0.1) is 6.92 Å². The highest BCUT2D eigenvalue weighted by molar-refractivity contribution is 7.99. The Hall–Kier alpha value is -2.91. The largest absolute Gasteiger partial charge is 0.369 e. The molecule has 0 bridgehead atoms. The van der Waals surface area contributed by atoms with Crippen LogP contribution in [0.25, 0.3) is 0 Å². The Morgan fingerprint density at radius 1 is 1.24 bits per heavy atom. The van der Waals surface area contributed by atoms with Crippen molar-refractivity contribution in [1.82, 2.24) is 20.2 Å². The Morgan fingerprint density at radius 2 is 1.97 bits per heavy atom. The van der Waals surface area contributed by atoms with Gasteiger partial charge in [0.25, 0.3) is 0 Å². The number of anilines is 3. The number of aromatic amines is 1. The number of H-pyrrole nitrogens is 1. The third kappa shape index (κ3) is 6.15. The first kappa shape index (κ1) is 24.2. The van der Waals surface area contributed by atoms with E-state index < -0.39 is 0 Å². The van der Waals surface area contributed by atoms with Gasteiger partial charge in [-0.1, -0.05) is 19.1 Å². The summed E-state index contributed by atoms with van der Waals surface area (Å²) in [5, 5.41) is 11.1. The molecule has 0 unspecified atom stereocenters. The number of nitrogens with one attached hydrogen (secondary N) is 2. The number of carbonyl (C=O) groups excluding carboxylic acids is 1. The summed E-state index contributed by atoms with van der Waals surface area (Å²) >= 11 is 1.49. The maximum Gasteiger partial charge on any atom is 0.196 e. The molecule has 3 heterocycles. The molecular weight excluding hydrogens is 448 g/mol. The maximum absolute atomic E-state index is 11.7. The fraction of sp³-hybridized carbons (Fsp3) is 0.440. The molecule has 0 saturated carbocycles. The zero-order valence-corrected chi connectivity index (χ0v) is 21.2. The van der Waals surface area contributed by atoms with Gasteiger partial charge in [0.15, 0.2) is 11.0 Å². The average molecular weight is 485 g/mol. The van der Waals surface area contributed by atoms with Crippen LogP contribution in [0.3, 0.4) is 0 Å². The maximum atomic E-state index is 11.7. The van der Waals surface area contributed by atoms with Crippen LogP contribution < -0.4 is 10.2 Å². The number of rotatable bonds is 10. The normalized spacial score (nSPS) is 14.8. The fourth-order valence-electron chi connectivity index (χ4n) is 4.00. The van der Waals surface area contributed by atoms with Crippen LogP contribution in [0.15, 0.2) is 46.5 Å². The van der Waals surface area contributed by atoms with Gasteiger partial charge < -0.3 is 15.0 Å². The zero-order chi connectivity index (χ0) is 24.3. The minimum absolute atomic E-state index is 0. The Labute approximate surface area is 207 Å². The van der Waals surface area contributed by atoms with E-state index in [0.29, 0.717) is 29.6 Å². The van der Waals surface area contributed by atoms with Crippen molar-refractivity contribution < 1.29 is 12.4 Å². The Bertz CT molecular complexity index is 1150. The van der Waals surface area contributed by atoms with Gasteiger partial charge in [-0.05, 0) is 57.2 Å². The van der Waals surface area contributed by atoms with E-state index in [-0.39, 0.29) is 20.3 Å². The molecule has 1 saturated heterocycles. The lowest BCUT2D eigenvalue weighted by molar-refractivity contribution is -0.118. The lowest BCUT2D eigenvalue weighted by Gasteiger charge is -2.49. The standard InChI is InChI=1S/C25H32N6O2S.2H2/c1-6-19(32)12-18-7-9-20(10-8-18)34-24-27-21(26-22-11-17(4)29-30-22)13-23(28-24)31-14-25(5,15-31)33-16(2)3;;/h7-11,13,16H,6,12,14-15H2,1-5H3,(H2,26,27,28,29,30);2*1H. The molecule has 34 heavy (non-hydrogen) atoms. The van der Waals surface area contributed by atoms with E-state index >= 15 is 0 Å². The van der Waals surface area contributed by atoms with Gasteiger partial charge in [-0.25, -0.2) is 9.97 Å². The van der Waals surface area contributed by atoms with Gasteiger partial charge in [0.05, 0.1) is 6.10 Å². The number of benzene rings is 1. The van der Waals surface area contributed by atoms with E-state index in [1.807, 2.05) is 50.2 Å². The van der Waals surface area contributed by atoms with Gasteiger partial charge in [0.1, 0.15) is 23.0 Å². The smallest absolute Gasteiger partial charge is 0.196 e. The van der Waals surface area contributed by atoms with Crippen molar-refractivity contribution in [2.45, 2.75) is 69.2 Å². The summed E-state index contributed by atoms with van der Waals surface area (Å²) in [5.74, 6) is 2.48. The van der Waals surface area contributed by atoms with Gasteiger partial charge >= 0.3 is 0 Å². The number of Topliss-reactive ketones (excluding diaryl/α,β-unsaturated/α-hetero) is 1. The molecule has 4 rings (SSSR count). The molecule has 1 aliphatic rings. The fourth-order valence-corrected chi connectivity index (χ4v) is 4.76. The summed E-state index contributed by atoms with van der Waals surface area (Å²) < 4.78 is 6.08. The highest BCUT2D eigenvalue weighted by Gasteiger charge is 2.41. The van der Waals surface area contributed by atoms with Crippen molar-refractivity contribution in [3.63, 3.8) is 0 Å². The lowest BCUT2D eigenvalue weighted by Crippen LogP contribution is -2.62. The van der Waals surface area contributed by atoms with Gasteiger partial charge in [0.2, 0.25) is 0 Å². The molecule has 2 N–H and O–H groups in total. The molecule has 2 aromatic heterocycles. The van der Waals surface area contributed by atoms with Gasteiger partial charge in [-0.3, -0.25) is 9.89 Å². The Balaban J connectivity index is 0.00000228. The quantitative estimate of drug-likeness (QED) is 0.368. The van der Waals surface area contributed by atoms with E-state index in [1.165, 1.54) is 11.8 Å². The summed E-state index contributed by atoms with van der Waals surface area (Å²) in [7, 11) is 0. The van der Waals surface area contributed by atoms with E-state index in [2.05, 4.69) is 41.2 Å². The van der Waals surface area contributed by atoms with Crippen molar-refractivity contribution in [2.75, 3.05) is 23.3 Å². The number of hydrogen-bond acceptors (Lipinski definition) is 8. The first-order valence-electron chi connectivity index (χ1n) is 11.6. The molecule has 184 valence electrons. The second kappa shape index (κ2) is 10.1. The first-order chi connectivity index (χ1) is 16.2. The molecule has 0 spiro atoms. The zero-order valence-electron chi connectivity index (χ0n) is 20.4. The molecule has 9 heteroatoms. The average Bonchev–Trinajstić information content (AvgIpc) is 3.17. The number of aryl methyl sites for hydroxylation is 1. The topological polar surface area (TPSA) is 96.0 Å². The highest BCUT2D eigenvalue weighted by atomic mass is 32.2. The highest BCUT2D eigenvalue weighted by Crippen LogP contribution is 2.34. The molecule has 1 aromatic carbocycles. The summed E-state index contributed by atoms with van der Waals surface area (Å²) in [5.41, 5.74) is 1.81. The summed E-state index contributed by atoms with van der Waals surface area (Å²) in [4.78, 5) is 24.5. The molecular formula is C25H36N6O2S. The molecule has 0 radical (unpaired) electrons. The summed E-state index contributed by atoms with van der Waals surface area (Å²) in [6, 6.07) is 11.9. The van der Waals surface area contributed by atoms with Crippen LogP contribution in [0.4, 0.5) is 17.5 Å². The van der Waals surface area contributed by atoms with Crippen molar-refractivity contribution in [1.29, 1.82) is 0 Å². The van der Waals surface area contributed by atoms with Crippen LogP contribution in [-0.2, 0) is 16.0 Å². The second-order valence-corrected chi connectivity index (χ2v) is 10.3. The van der Waals surface area contributed by atoms with Crippen molar-refractivity contribution in [3.05, 3.63) is 47.7 Å². The third-order valence-corrected chi connectivity index (χ3v) is 6.35. The predicted molar refractivity (Wildman–Crippen MR) is 139 cm³/mol. The molecule has 0 aliphatic carbocycles. The van der Waals surface area contributed by atoms with Crippen molar-refractivity contribution in [3.8, 4) is 0 Å².